The van der Waals surface area contributed by atoms with Crippen molar-refractivity contribution in [3.63, 3.8) is 0 Å². The zero-order valence-corrected chi connectivity index (χ0v) is 43.5. The van der Waals surface area contributed by atoms with Crippen molar-refractivity contribution < 1.29 is 0 Å². The number of aryl methyl sites for hydroxylation is 1. The molecule has 0 fully saturated rings. The quantitative estimate of drug-likeness (QED) is 0.122. The van der Waals surface area contributed by atoms with Crippen LogP contribution in [-0.2, 0) is 13.0 Å². The van der Waals surface area contributed by atoms with Crippen LogP contribution in [0.25, 0.3) is 0 Å². The molecule has 1 aromatic rings. The van der Waals surface area contributed by atoms with Crippen LogP contribution in [0.1, 0.15) is 24.5 Å². The van der Waals surface area contributed by atoms with Crippen LogP contribution in [0.4, 0.5) is 0 Å². The van der Waals surface area contributed by atoms with Crippen LogP contribution in [0.15, 0.2) is 42.3 Å². The van der Waals surface area contributed by atoms with E-state index < -0.39 is 37.9 Å². The van der Waals surface area contributed by atoms with Crippen LogP contribution < -0.4 is 0 Å². The monoisotopic (exact) mass is 859 g/mol. The normalized spacial score (nSPS) is 14.6. The van der Waals surface area contributed by atoms with Crippen molar-refractivity contribution in [3.8, 4) is 0 Å². The molecule has 0 unspecified atom stereocenters. The first-order valence-electron chi connectivity index (χ1n) is 18.4. The summed E-state index contributed by atoms with van der Waals surface area (Å²) < 4.78 is 52.6. The molecule has 0 heterocycles. The summed E-state index contributed by atoms with van der Waals surface area (Å²) in [6.45, 7) is 2.93. The Bertz CT molecular complexity index is 1340. The predicted octanol–water partition coefficient (Wildman–Crippen LogP) is 7.44. The van der Waals surface area contributed by atoms with Gasteiger partial charge in [-0.05, 0) is 0 Å². The molecule has 0 aliphatic heterocycles. The van der Waals surface area contributed by atoms with Crippen molar-refractivity contribution >= 4 is 37.9 Å². The third kappa shape index (κ3) is 10.6. The molecule has 21 heteroatoms. The van der Waals surface area contributed by atoms with E-state index in [0.29, 0.717) is 6.54 Å². The van der Waals surface area contributed by atoms with Crippen LogP contribution in [0.3, 0.4) is 0 Å². The standard InChI is InChI=1S/C33H83N16P5/c1-25-26-32-27-29-33(30-28-32)31-49(24)54(47(20)21,48(22)23)37-50(34-51(38(2)3,39(4)5)40(6)7,35-52(41(8)9,42(10)11)43(12)13)36-53(44(14)15,45(16)17)46(18)19/h27-30,50H,25-26,31H2,1-24H3. The van der Waals surface area contributed by atoms with E-state index in [9.17, 15) is 0 Å². The molecule has 0 saturated carbocycles. The molecule has 0 atom stereocenters. The summed E-state index contributed by atoms with van der Waals surface area (Å²) in [4.78, 5) is 0. The Morgan fingerprint density at radius 1 is 0.370 bits per heavy atom. The Kier molecular flexibility index (Phi) is 20.1. The van der Waals surface area contributed by atoms with Crippen LogP contribution in [-0.4, -0.2) is 218 Å². The number of hydrogen-bond acceptors (Lipinski definition) is 4. The molecular weight excluding hydrogens is 775 g/mol. The minimum absolute atomic E-state index is 0.699. The molecule has 0 spiro atoms. The molecule has 0 saturated heterocycles. The molecule has 0 N–H and O–H groups in total. The van der Waals surface area contributed by atoms with E-state index >= 15 is 0 Å². The van der Waals surface area contributed by atoms with E-state index in [2.05, 4.69) is 249 Å². The van der Waals surface area contributed by atoms with Crippen molar-refractivity contribution in [2.75, 3.05) is 162 Å². The van der Waals surface area contributed by atoms with Crippen LogP contribution in [0.5, 0.6) is 0 Å². The van der Waals surface area contributed by atoms with Gasteiger partial charge in [0.15, 0.2) is 0 Å². The number of hydrogen-bond donors (Lipinski definition) is 0. The molecule has 0 bridgehead atoms. The molecule has 1 rings (SSSR count). The van der Waals surface area contributed by atoms with Crippen molar-refractivity contribution in [1.82, 2.24) is 56.0 Å². The first kappa shape index (κ1) is 52.1. The van der Waals surface area contributed by atoms with Gasteiger partial charge in [0.1, 0.15) is 0 Å². The van der Waals surface area contributed by atoms with Crippen LogP contribution >= 0.6 is 37.9 Å². The number of benzene rings is 1. The van der Waals surface area contributed by atoms with Gasteiger partial charge in [-0.25, -0.2) is 0 Å². The summed E-state index contributed by atoms with van der Waals surface area (Å²) in [5, 5.41) is 0. The molecular formula is C33H83N16P5. The third-order valence-corrected chi connectivity index (χ3v) is 30.9. The first-order chi connectivity index (χ1) is 24.6. The van der Waals surface area contributed by atoms with E-state index in [1.807, 2.05) is 0 Å². The third-order valence-electron chi connectivity index (χ3n) is 9.41. The van der Waals surface area contributed by atoms with Gasteiger partial charge in [0.25, 0.3) is 0 Å². The summed E-state index contributed by atoms with van der Waals surface area (Å²) in [5.41, 5.74) is 2.60. The topological polar surface area (TPSA) is 88.3 Å². The summed E-state index contributed by atoms with van der Waals surface area (Å²) in [7, 11) is 34.4. The minimum atomic E-state index is -4.03. The fraction of sp³-hybridized carbons (Fsp3) is 0.818. The molecule has 0 aliphatic carbocycles. The second kappa shape index (κ2) is 20.9. The van der Waals surface area contributed by atoms with Gasteiger partial charge >= 0.3 is 336 Å². The van der Waals surface area contributed by atoms with Crippen LogP contribution in [0, 0.1) is 0 Å². The van der Waals surface area contributed by atoms with E-state index in [0.717, 1.165) is 12.8 Å². The second-order valence-corrected chi connectivity index (χ2v) is 34.0. The van der Waals surface area contributed by atoms with Gasteiger partial charge in [-0.3, -0.25) is 0 Å². The molecule has 16 nitrogen and oxygen atoms in total. The van der Waals surface area contributed by atoms with E-state index in [1.54, 1.807) is 0 Å². The van der Waals surface area contributed by atoms with Gasteiger partial charge in [0.2, 0.25) is 0 Å². The summed E-state index contributed by atoms with van der Waals surface area (Å²) in [5.74, 6) is 0. The van der Waals surface area contributed by atoms with E-state index in [-0.39, 0.29) is 0 Å². The molecule has 0 radical (unpaired) electrons. The van der Waals surface area contributed by atoms with Gasteiger partial charge in [-0.2, -0.15) is 0 Å². The number of nitrogens with zero attached hydrogens (tertiary/aromatic N) is 16. The van der Waals surface area contributed by atoms with Crippen molar-refractivity contribution in [2.24, 2.45) is 18.1 Å². The van der Waals surface area contributed by atoms with Gasteiger partial charge in [0.05, 0.1) is 0 Å². The first-order valence-corrected chi connectivity index (χ1v) is 26.6. The second-order valence-electron chi connectivity index (χ2n) is 15.8. The Labute approximate surface area is 334 Å². The Hall–Kier alpha value is 0.0900. The molecule has 0 aromatic heterocycles. The Morgan fingerprint density at radius 2 is 0.593 bits per heavy atom. The zero-order chi connectivity index (χ0) is 42.4. The van der Waals surface area contributed by atoms with Gasteiger partial charge in [-0.15, -0.1) is 0 Å². The predicted molar refractivity (Wildman–Crippen MR) is 248 cm³/mol. The SMILES string of the molecule is CCCc1ccc(CN(C)P(=N[PH](N=P(N(C)C)(N(C)C)N(C)C)(N=P(N(C)C)(N(C)C)N(C)C)N=P(N(C)C)(N(C)C)N(C)C)(N(C)C)N(C)C)cc1. The van der Waals surface area contributed by atoms with Crippen molar-refractivity contribution in [3.05, 3.63) is 35.4 Å². The maximum atomic E-state index is 6.35. The molecule has 54 heavy (non-hydrogen) atoms. The van der Waals surface area contributed by atoms with Gasteiger partial charge in [-0.1, -0.05) is 0 Å². The summed E-state index contributed by atoms with van der Waals surface area (Å²) in [6, 6.07) is 9.08. The number of rotatable bonds is 20. The Morgan fingerprint density at radius 3 is 0.815 bits per heavy atom. The Balaban J connectivity index is 5.31. The fourth-order valence-corrected chi connectivity index (χ4v) is 33.6. The zero-order valence-electron chi connectivity index (χ0n) is 38.9. The van der Waals surface area contributed by atoms with E-state index in [1.165, 1.54) is 11.1 Å². The van der Waals surface area contributed by atoms with Gasteiger partial charge in [0, 0.05) is 0 Å². The average molecular weight is 859 g/mol. The average Bonchev–Trinajstić information content (AvgIpc) is 3.03. The molecule has 1 aromatic carbocycles. The molecule has 0 amide bonds. The summed E-state index contributed by atoms with van der Waals surface area (Å²) in [6.07, 6.45) is 2.20. The molecule has 0 aliphatic rings. The van der Waals surface area contributed by atoms with Crippen molar-refractivity contribution in [2.45, 2.75) is 26.3 Å². The fourth-order valence-electron chi connectivity index (χ4n) is 7.55. The van der Waals surface area contributed by atoms with Crippen molar-refractivity contribution in [1.29, 1.82) is 0 Å². The van der Waals surface area contributed by atoms with Crippen LogP contribution in [0.2, 0.25) is 0 Å². The summed E-state index contributed by atoms with van der Waals surface area (Å²) >= 11 is 0. The maximum absolute atomic E-state index is 6.35. The molecule has 320 valence electrons. The van der Waals surface area contributed by atoms with E-state index in [4.69, 9.17) is 18.1 Å². The van der Waals surface area contributed by atoms with Gasteiger partial charge < -0.3 is 0 Å².